The van der Waals surface area contributed by atoms with Crippen molar-refractivity contribution in [3.8, 4) is 11.5 Å². The number of aliphatic carboxylic acids is 1. The van der Waals surface area contributed by atoms with E-state index in [4.69, 9.17) is 28.8 Å². The van der Waals surface area contributed by atoms with E-state index < -0.39 is 65.3 Å². The molecule has 5 rings (SSSR count). The molecule has 14 heteroatoms. The average molecular weight is 590 g/mol. The number of phenolic OH excluding ortho intramolecular Hbond substituents is 1. The number of likely N-dealkylation sites (N-methyl/N-ethyl adjacent to an activating group) is 1. The van der Waals surface area contributed by atoms with E-state index >= 15 is 0 Å². The highest BCUT2D eigenvalue weighted by atomic mass is 16.6. The highest BCUT2D eigenvalue weighted by molar-refractivity contribution is 5.90. The number of aliphatic hydroxyl groups is 1. The Kier molecular flexibility index (Phi) is 7.18. The lowest BCUT2D eigenvalue weighted by Gasteiger charge is -2.61. The fourth-order valence-corrected chi connectivity index (χ4v) is 6.73. The third-order valence-corrected chi connectivity index (χ3v) is 8.54. The topological polar surface area (TPSA) is 195 Å². The number of nitrogens with zero attached hydrogens (tertiary/aromatic N) is 1. The number of carbonyl (C=O) groups is 5. The van der Waals surface area contributed by atoms with Gasteiger partial charge in [-0.1, -0.05) is 6.07 Å². The predicted molar refractivity (Wildman–Crippen MR) is 137 cm³/mol. The molecule has 2 unspecified atom stereocenters. The monoisotopic (exact) mass is 589 g/mol. The molecule has 1 saturated heterocycles. The number of carbonyl (C=O) groups excluding carboxylic acids is 4. The van der Waals surface area contributed by atoms with E-state index in [-0.39, 0.29) is 29.7 Å². The Morgan fingerprint density at radius 3 is 2.31 bits per heavy atom. The van der Waals surface area contributed by atoms with Gasteiger partial charge in [-0.15, -0.1) is 0 Å². The minimum Gasteiger partial charge on any atom is -0.504 e. The standard InChI is InChI=1S/C28H31NO13/c1-12(24(33)34)38-25(35)21(39-13(2)30)22(40-14(3)31)26(36)41-17-7-8-28(37)18-11-15-5-6-16(32)20-19(15)27(28,23(17)42-20)9-10-29(18)4/h5-7,12,18,21-23,32,37H,8-11H2,1-4H3,(H,33,34)/t12-,18+,21+,22+,23?,27?,28+/m0/s1. The zero-order valence-corrected chi connectivity index (χ0v) is 23.3. The van der Waals surface area contributed by atoms with Crippen LogP contribution in [0.5, 0.6) is 11.5 Å². The van der Waals surface area contributed by atoms with Crippen LogP contribution in [0.3, 0.4) is 0 Å². The van der Waals surface area contributed by atoms with Crippen LogP contribution in [0.2, 0.25) is 0 Å². The van der Waals surface area contributed by atoms with Crippen LogP contribution in [0.1, 0.15) is 44.7 Å². The quantitative estimate of drug-likeness (QED) is 0.273. The van der Waals surface area contributed by atoms with Crippen molar-refractivity contribution in [1.29, 1.82) is 0 Å². The number of benzene rings is 1. The first-order valence-electron chi connectivity index (χ1n) is 13.3. The number of rotatable bonds is 8. The first-order chi connectivity index (χ1) is 19.7. The lowest BCUT2D eigenvalue weighted by Crippen LogP contribution is -2.74. The molecule has 2 heterocycles. The minimum atomic E-state index is -2.19. The summed E-state index contributed by atoms with van der Waals surface area (Å²) in [7, 11) is 1.91. The van der Waals surface area contributed by atoms with E-state index in [2.05, 4.69) is 4.90 Å². The van der Waals surface area contributed by atoms with Crippen LogP contribution in [0.15, 0.2) is 24.0 Å². The van der Waals surface area contributed by atoms with Crippen molar-refractivity contribution in [2.75, 3.05) is 13.6 Å². The van der Waals surface area contributed by atoms with Gasteiger partial charge in [0.15, 0.2) is 23.7 Å². The minimum absolute atomic E-state index is 0.0444. The van der Waals surface area contributed by atoms with Gasteiger partial charge in [-0.3, -0.25) is 9.59 Å². The molecule has 2 aliphatic heterocycles. The maximum Gasteiger partial charge on any atom is 0.357 e. The number of phenols is 1. The van der Waals surface area contributed by atoms with Crippen LogP contribution in [0, 0.1) is 0 Å². The fourth-order valence-electron chi connectivity index (χ4n) is 6.73. The lowest BCUT2D eigenvalue weighted by atomic mass is 9.50. The second-order valence-electron chi connectivity index (χ2n) is 11.0. The fraction of sp³-hybridized carbons (Fsp3) is 0.536. The first kappa shape index (κ1) is 29.3. The Bertz CT molecular complexity index is 1400. The van der Waals surface area contributed by atoms with Gasteiger partial charge in [0, 0.05) is 31.9 Å². The summed E-state index contributed by atoms with van der Waals surface area (Å²) < 4.78 is 26.7. The maximum absolute atomic E-state index is 13.6. The van der Waals surface area contributed by atoms with Gasteiger partial charge >= 0.3 is 29.8 Å². The maximum atomic E-state index is 13.6. The summed E-state index contributed by atoms with van der Waals surface area (Å²) in [6, 6.07) is 2.98. The third-order valence-electron chi connectivity index (χ3n) is 8.54. The molecule has 3 N–H and O–H groups in total. The number of ether oxygens (including phenoxy) is 5. The second-order valence-corrected chi connectivity index (χ2v) is 11.0. The largest absolute Gasteiger partial charge is 0.504 e. The van der Waals surface area contributed by atoms with Gasteiger partial charge in [-0.05, 0) is 51.1 Å². The number of carboxylic acid groups (broad SMARTS) is 1. The molecular formula is C28H31NO13. The van der Waals surface area contributed by atoms with E-state index in [0.717, 1.165) is 26.3 Å². The smallest absolute Gasteiger partial charge is 0.357 e. The number of esters is 4. The van der Waals surface area contributed by atoms with Crippen LogP contribution in [-0.2, 0) is 54.8 Å². The van der Waals surface area contributed by atoms with Gasteiger partial charge in [-0.2, -0.15) is 0 Å². The normalized spacial score (nSPS) is 29.0. The summed E-state index contributed by atoms with van der Waals surface area (Å²) in [6.07, 6.45) is -4.72. The van der Waals surface area contributed by atoms with Crippen molar-refractivity contribution < 1.29 is 63.0 Å². The Hall–Kier alpha value is -4.17. The molecule has 1 fully saturated rings. The summed E-state index contributed by atoms with van der Waals surface area (Å²) in [5, 5.41) is 32.0. The molecule has 2 bridgehead atoms. The van der Waals surface area contributed by atoms with E-state index in [1.165, 1.54) is 12.1 Å². The first-order valence-corrected chi connectivity index (χ1v) is 13.3. The molecule has 1 aromatic carbocycles. The second kappa shape index (κ2) is 10.3. The van der Waals surface area contributed by atoms with E-state index in [1.807, 2.05) is 7.05 Å². The molecule has 0 radical (unpaired) electrons. The van der Waals surface area contributed by atoms with E-state index in [1.54, 1.807) is 6.07 Å². The number of hydrogen-bond donors (Lipinski definition) is 3. The van der Waals surface area contributed by atoms with Crippen LogP contribution < -0.4 is 4.74 Å². The lowest BCUT2D eigenvalue weighted by molar-refractivity contribution is -0.194. The predicted octanol–water partition coefficient (Wildman–Crippen LogP) is 0.0928. The molecule has 4 aliphatic rings. The van der Waals surface area contributed by atoms with Crippen molar-refractivity contribution in [3.63, 3.8) is 0 Å². The zero-order valence-electron chi connectivity index (χ0n) is 23.3. The van der Waals surface area contributed by atoms with E-state index in [9.17, 15) is 34.2 Å². The SMILES string of the molecule is CC(=O)O[C@@H](C(=O)OC1=CC[C@@]2(O)[C@H]3Cc4ccc(O)c5c4C2(CCN3C)C1O5)[C@@H](OC(C)=O)C(=O)O[C@@H](C)C(=O)O. The molecule has 1 spiro atoms. The van der Waals surface area contributed by atoms with Gasteiger partial charge in [0.2, 0.25) is 12.2 Å². The summed E-state index contributed by atoms with van der Waals surface area (Å²) in [6.45, 7) is 3.47. The Morgan fingerprint density at radius 2 is 1.69 bits per heavy atom. The van der Waals surface area contributed by atoms with Crippen molar-refractivity contribution in [2.24, 2.45) is 0 Å². The van der Waals surface area contributed by atoms with Crippen molar-refractivity contribution in [1.82, 2.24) is 4.90 Å². The van der Waals surface area contributed by atoms with Gasteiger partial charge in [0.1, 0.15) is 5.76 Å². The molecule has 0 aromatic heterocycles. The highest BCUT2D eigenvalue weighted by Crippen LogP contribution is 2.65. The van der Waals surface area contributed by atoms with Crippen molar-refractivity contribution in [3.05, 3.63) is 35.1 Å². The summed E-state index contributed by atoms with van der Waals surface area (Å²) >= 11 is 0. The van der Waals surface area contributed by atoms with E-state index in [0.29, 0.717) is 24.9 Å². The van der Waals surface area contributed by atoms with Gasteiger partial charge < -0.3 is 43.9 Å². The van der Waals surface area contributed by atoms with Crippen LogP contribution in [0.25, 0.3) is 0 Å². The molecule has 2 aliphatic carbocycles. The Balaban J connectivity index is 1.51. The summed E-state index contributed by atoms with van der Waals surface area (Å²) in [5.41, 5.74) is -0.930. The molecule has 14 nitrogen and oxygen atoms in total. The number of piperidine rings is 1. The summed E-state index contributed by atoms with van der Waals surface area (Å²) in [5.74, 6) is -6.45. The zero-order chi connectivity index (χ0) is 30.7. The third kappa shape index (κ3) is 4.36. The van der Waals surface area contributed by atoms with Gasteiger partial charge in [-0.25, -0.2) is 14.4 Å². The van der Waals surface area contributed by atoms with Crippen LogP contribution >= 0.6 is 0 Å². The average Bonchev–Trinajstić information content (AvgIpc) is 3.27. The van der Waals surface area contributed by atoms with Gasteiger partial charge in [0.25, 0.3) is 0 Å². The Labute approximate surface area is 239 Å². The molecular weight excluding hydrogens is 558 g/mol. The molecule has 42 heavy (non-hydrogen) atoms. The molecule has 7 atom stereocenters. The van der Waals surface area contributed by atoms with Crippen molar-refractivity contribution in [2.45, 2.75) is 81.5 Å². The highest BCUT2D eigenvalue weighted by Gasteiger charge is 2.72. The van der Waals surface area contributed by atoms with Crippen molar-refractivity contribution >= 4 is 29.8 Å². The number of hydrogen-bond acceptors (Lipinski definition) is 13. The van der Waals surface area contributed by atoms with Crippen LogP contribution in [-0.4, -0.2) is 99.7 Å². The van der Waals surface area contributed by atoms with Gasteiger partial charge in [0.05, 0.1) is 11.0 Å². The number of likely N-dealkylation sites (tertiary alicyclic amines) is 1. The summed E-state index contributed by atoms with van der Waals surface area (Å²) in [4.78, 5) is 63.4. The number of aromatic hydroxyl groups is 1. The number of carboxylic acids is 1. The molecule has 0 saturated carbocycles. The van der Waals surface area contributed by atoms with Crippen LogP contribution in [0.4, 0.5) is 0 Å². The molecule has 0 amide bonds. The molecule has 1 aromatic rings. The molecule has 226 valence electrons. The Morgan fingerprint density at radius 1 is 1.05 bits per heavy atom.